The van der Waals surface area contributed by atoms with Crippen LogP contribution in [0.1, 0.15) is 70.4 Å². The summed E-state index contributed by atoms with van der Waals surface area (Å²) in [5, 5.41) is 9.40. The summed E-state index contributed by atoms with van der Waals surface area (Å²) in [6, 6.07) is 6.11. The Balaban J connectivity index is 1.35. The van der Waals surface area contributed by atoms with E-state index in [2.05, 4.69) is 46.5 Å². The van der Waals surface area contributed by atoms with Gasteiger partial charge >= 0.3 is 0 Å². The maximum absolute atomic E-state index is 13.3. The van der Waals surface area contributed by atoms with Gasteiger partial charge in [-0.3, -0.25) is 4.79 Å². The first-order valence-electron chi connectivity index (χ1n) is 12.9. The lowest BCUT2D eigenvalue weighted by atomic mass is 9.66. The SMILES string of the molecule is CC1CN(c2ncnc3c2C2(CCC2)CN3c2cc(C#N)ccn2)C(C)CN1C(=O)C1(C)CCC1. The van der Waals surface area contributed by atoms with Crippen molar-refractivity contribution in [2.45, 2.75) is 76.8 Å². The van der Waals surface area contributed by atoms with E-state index < -0.39 is 0 Å². The highest BCUT2D eigenvalue weighted by atomic mass is 16.2. The molecule has 0 N–H and O–H groups in total. The lowest BCUT2D eigenvalue weighted by Gasteiger charge is -2.50. The topological polar surface area (TPSA) is 89.2 Å². The van der Waals surface area contributed by atoms with Gasteiger partial charge in [-0.1, -0.05) is 19.8 Å². The standard InChI is InChI=1S/C27H33N7O/c1-18-15-33(25(35)26(3)7-4-8-26)19(2)14-32(18)23-22-24(31-17-30-23)34(16-27(22)9-5-10-27)21-12-20(13-28)6-11-29-21/h6,11-12,17-19H,4-5,7-10,14-16H2,1-3H3. The lowest BCUT2D eigenvalue weighted by Crippen LogP contribution is -2.61. The van der Waals surface area contributed by atoms with E-state index >= 15 is 0 Å². The van der Waals surface area contributed by atoms with Gasteiger partial charge in [0, 0.05) is 54.3 Å². The number of rotatable bonds is 3. The Morgan fingerprint density at radius 3 is 2.46 bits per heavy atom. The molecular weight excluding hydrogens is 438 g/mol. The van der Waals surface area contributed by atoms with E-state index in [0.717, 1.165) is 69.2 Å². The molecule has 2 aliphatic heterocycles. The number of carbonyl (C=O) groups is 1. The Bertz CT molecular complexity index is 1210. The Kier molecular flexibility index (Phi) is 5.03. The van der Waals surface area contributed by atoms with Crippen LogP contribution in [-0.4, -0.2) is 57.5 Å². The molecule has 2 aliphatic carbocycles. The van der Waals surface area contributed by atoms with Gasteiger partial charge in [-0.2, -0.15) is 5.26 Å². The molecule has 2 unspecified atom stereocenters. The molecule has 0 bridgehead atoms. The summed E-state index contributed by atoms with van der Waals surface area (Å²) < 4.78 is 0. The van der Waals surface area contributed by atoms with E-state index in [1.165, 1.54) is 12.0 Å². The molecule has 2 aromatic heterocycles. The van der Waals surface area contributed by atoms with Crippen molar-refractivity contribution in [3.8, 4) is 6.07 Å². The molecule has 4 aliphatic rings. The van der Waals surface area contributed by atoms with Crippen molar-refractivity contribution in [2.75, 3.05) is 29.4 Å². The number of hydrogen-bond donors (Lipinski definition) is 0. The Hall–Kier alpha value is -3.21. The molecule has 0 radical (unpaired) electrons. The Morgan fingerprint density at radius 2 is 1.80 bits per heavy atom. The maximum Gasteiger partial charge on any atom is 0.228 e. The fraction of sp³-hybridized carbons (Fsp3) is 0.593. The van der Waals surface area contributed by atoms with Crippen LogP contribution in [0.5, 0.6) is 0 Å². The predicted octanol–water partition coefficient (Wildman–Crippen LogP) is 3.93. The van der Waals surface area contributed by atoms with Crippen LogP contribution < -0.4 is 9.80 Å². The molecule has 1 saturated heterocycles. The molecule has 0 aromatic carbocycles. The van der Waals surface area contributed by atoms with Gasteiger partial charge in [0.1, 0.15) is 23.8 Å². The largest absolute Gasteiger partial charge is 0.350 e. The molecule has 3 fully saturated rings. The minimum Gasteiger partial charge on any atom is -0.350 e. The number of carbonyl (C=O) groups excluding carboxylic acids is 1. The summed E-state index contributed by atoms with van der Waals surface area (Å²) in [6.45, 7) is 8.81. The van der Waals surface area contributed by atoms with Crippen molar-refractivity contribution in [1.82, 2.24) is 19.9 Å². The number of nitrogens with zero attached hydrogens (tertiary/aromatic N) is 7. The first-order valence-corrected chi connectivity index (χ1v) is 12.9. The zero-order valence-corrected chi connectivity index (χ0v) is 20.9. The van der Waals surface area contributed by atoms with Gasteiger partial charge in [0.25, 0.3) is 0 Å². The van der Waals surface area contributed by atoms with E-state index in [-0.39, 0.29) is 22.9 Å². The summed E-state index contributed by atoms with van der Waals surface area (Å²) in [4.78, 5) is 34.2. The number of nitriles is 1. The van der Waals surface area contributed by atoms with Gasteiger partial charge in [-0.05, 0) is 51.7 Å². The lowest BCUT2D eigenvalue weighted by molar-refractivity contribution is -0.149. The van der Waals surface area contributed by atoms with Gasteiger partial charge < -0.3 is 14.7 Å². The summed E-state index contributed by atoms with van der Waals surface area (Å²) in [7, 11) is 0. The average Bonchev–Trinajstić information content (AvgIpc) is 3.20. The van der Waals surface area contributed by atoms with Gasteiger partial charge in [0.15, 0.2) is 0 Å². The van der Waals surface area contributed by atoms with E-state index in [0.29, 0.717) is 11.5 Å². The summed E-state index contributed by atoms with van der Waals surface area (Å²) in [5.74, 6) is 3.01. The number of hydrogen-bond acceptors (Lipinski definition) is 7. The molecule has 182 valence electrons. The molecule has 8 nitrogen and oxygen atoms in total. The number of piperazine rings is 1. The first kappa shape index (κ1) is 22.3. The van der Waals surface area contributed by atoms with Crippen molar-refractivity contribution >= 4 is 23.4 Å². The second-order valence-corrected chi connectivity index (χ2v) is 11.4. The highest BCUT2D eigenvalue weighted by molar-refractivity contribution is 5.84. The molecule has 1 spiro atoms. The third-order valence-electron chi connectivity index (χ3n) is 9.01. The van der Waals surface area contributed by atoms with Gasteiger partial charge in [-0.25, -0.2) is 15.0 Å². The number of aromatic nitrogens is 3. The third-order valence-corrected chi connectivity index (χ3v) is 9.01. The first-order chi connectivity index (χ1) is 16.8. The molecule has 8 heteroatoms. The molecule has 35 heavy (non-hydrogen) atoms. The Morgan fingerprint density at radius 1 is 1.06 bits per heavy atom. The monoisotopic (exact) mass is 471 g/mol. The second-order valence-electron chi connectivity index (χ2n) is 11.4. The zero-order chi connectivity index (χ0) is 24.4. The van der Waals surface area contributed by atoms with Crippen LogP contribution in [0.2, 0.25) is 0 Å². The number of fused-ring (bicyclic) bond motifs is 2. The van der Waals surface area contributed by atoms with Gasteiger partial charge in [-0.15, -0.1) is 0 Å². The smallest absolute Gasteiger partial charge is 0.228 e. The normalized spacial score (nSPS) is 26.1. The van der Waals surface area contributed by atoms with Crippen LogP contribution >= 0.6 is 0 Å². The minimum absolute atomic E-state index is 0.0194. The predicted molar refractivity (Wildman–Crippen MR) is 133 cm³/mol. The zero-order valence-electron chi connectivity index (χ0n) is 20.9. The van der Waals surface area contributed by atoms with Gasteiger partial charge in [0.2, 0.25) is 5.91 Å². The summed E-state index contributed by atoms with van der Waals surface area (Å²) >= 11 is 0. The maximum atomic E-state index is 13.3. The molecule has 2 aromatic rings. The fourth-order valence-corrected chi connectivity index (χ4v) is 6.53. The van der Waals surface area contributed by atoms with Crippen LogP contribution in [0.25, 0.3) is 0 Å². The molecule has 6 rings (SSSR count). The number of amides is 1. The third kappa shape index (κ3) is 3.31. The van der Waals surface area contributed by atoms with E-state index in [1.54, 1.807) is 18.6 Å². The summed E-state index contributed by atoms with van der Waals surface area (Å²) in [5.41, 5.74) is 1.67. The fourth-order valence-electron chi connectivity index (χ4n) is 6.53. The highest BCUT2D eigenvalue weighted by Gasteiger charge is 2.52. The van der Waals surface area contributed by atoms with Crippen LogP contribution in [0, 0.1) is 16.7 Å². The van der Waals surface area contributed by atoms with Crippen molar-refractivity contribution in [2.24, 2.45) is 5.41 Å². The van der Waals surface area contributed by atoms with Crippen molar-refractivity contribution in [1.29, 1.82) is 5.26 Å². The number of anilines is 3. The van der Waals surface area contributed by atoms with E-state index in [4.69, 9.17) is 9.97 Å². The van der Waals surface area contributed by atoms with E-state index in [9.17, 15) is 10.1 Å². The van der Waals surface area contributed by atoms with Crippen LogP contribution in [0.4, 0.5) is 17.5 Å². The molecule has 1 amide bonds. The van der Waals surface area contributed by atoms with Gasteiger partial charge in [0.05, 0.1) is 11.6 Å². The second kappa shape index (κ2) is 7.91. The van der Waals surface area contributed by atoms with Crippen LogP contribution in [0.15, 0.2) is 24.7 Å². The van der Waals surface area contributed by atoms with E-state index in [1.807, 2.05) is 6.07 Å². The minimum atomic E-state index is -0.173. The van der Waals surface area contributed by atoms with Crippen molar-refractivity contribution in [3.05, 3.63) is 35.8 Å². The van der Waals surface area contributed by atoms with Crippen molar-refractivity contribution < 1.29 is 4.79 Å². The average molecular weight is 472 g/mol. The molecular formula is C27H33N7O. The quantitative estimate of drug-likeness (QED) is 0.670. The molecule has 2 saturated carbocycles. The van der Waals surface area contributed by atoms with Crippen LogP contribution in [0.3, 0.4) is 0 Å². The highest BCUT2D eigenvalue weighted by Crippen LogP contribution is 2.56. The Labute approximate surface area is 207 Å². The molecule has 2 atom stereocenters. The van der Waals surface area contributed by atoms with Crippen LogP contribution in [-0.2, 0) is 10.2 Å². The number of pyridine rings is 1. The molecule has 4 heterocycles. The summed E-state index contributed by atoms with van der Waals surface area (Å²) in [6.07, 6.45) is 9.94. The van der Waals surface area contributed by atoms with Crippen molar-refractivity contribution in [3.63, 3.8) is 0 Å².